The minimum absolute atomic E-state index is 0.0575. The number of nitro groups is 1. The van der Waals surface area contributed by atoms with Gasteiger partial charge < -0.3 is 0 Å². The first-order chi connectivity index (χ1) is 7.15. The second-order valence-corrected chi connectivity index (χ2v) is 3.86. The Labute approximate surface area is 100 Å². The largest absolute Gasteiger partial charge is 0.288 e. The summed E-state index contributed by atoms with van der Waals surface area (Å²) < 4.78 is 0. The van der Waals surface area contributed by atoms with E-state index in [9.17, 15) is 10.1 Å². The first kappa shape index (κ1) is 12.1. The summed E-state index contributed by atoms with van der Waals surface area (Å²) in [6, 6.07) is 1.40. The van der Waals surface area contributed by atoms with E-state index in [1.807, 2.05) is 6.08 Å². The van der Waals surface area contributed by atoms with Crippen LogP contribution < -0.4 is 0 Å². The van der Waals surface area contributed by atoms with E-state index in [0.717, 1.165) is 17.9 Å². The quantitative estimate of drug-likeness (QED) is 0.369. The summed E-state index contributed by atoms with van der Waals surface area (Å²) in [6.45, 7) is 0. The molecule has 15 heavy (non-hydrogen) atoms. The topological polar surface area (TPSA) is 56.0 Å². The Kier molecular flexibility index (Phi) is 4.71. The lowest BCUT2D eigenvalue weighted by Crippen LogP contribution is -1.90. The summed E-state index contributed by atoms with van der Waals surface area (Å²) in [4.78, 5) is 13.7. The molecular formula is C9H8BrClN2O2. The molecule has 0 aliphatic rings. The van der Waals surface area contributed by atoms with Crippen LogP contribution in [-0.2, 0) is 0 Å². The van der Waals surface area contributed by atoms with Gasteiger partial charge in [0.2, 0.25) is 0 Å². The molecule has 4 nitrogen and oxygen atoms in total. The van der Waals surface area contributed by atoms with Crippen LogP contribution in [0.2, 0.25) is 5.15 Å². The highest BCUT2D eigenvalue weighted by Gasteiger charge is 2.08. The van der Waals surface area contributed by atoms with Crippen LogP contribution in [0.25, 0.3) is 6.08 Å². The van der Waals surface area contributed by atoms with Crippen molar-refractivity contribution in [3.8, 4) is 0 Å². The van der Waals surface area contributed by atoms with E-state index in [4.69, 9.17) is 11.6 Å². The highest BCUT2D eigenvalue weighted by molar-refractivity contribution is 9.09. The van der Waals surface area contributed by atoms with Gasteiger partial charge in [0.05, 0.1) is 4.92 Å². The molecule has 0 fully saturated rings. The normalized spacial score (nSPS) is 10.8. The van der Waals surface area contributed by atoms with Crippen LogP contribution in [0.4, 0.5) is 5.69 Å². The molecular weight excluding hydrogens is 283 g/mol. The smallest absolute Gasteiger partial charge is 0.258 e. The van der Waals surface area contributed by atoms with Crippen molar-refractivity contribution in [2.45, 2.75) is 6.42 Å². The summed E-state index contributed by atoms with van der Waals surface area (Å²) in [5.41, 5.74) is 0.504. The van der Waals surface area contributed by atoms with Gasteiger partial charge in [0.1, 0.15) is 11.3 Å². The molecule has 0 aliphatic carbocycles. The summed E-state index contributed by atoms with van der Waals surface area (Å²) in [5.74, 6) is 0. The number of allylic oxidation sites excluding steroid dienone is 1. The van der Waals surface area contributed by atoms with E-state index in [-0.39, 0.29) is 10.8 Å². The molecule has 1 rings (SSSR count). The fourth-order valence-corrected chi connectivity index (χ4v) is 1.37. The van der Waals surface area contributed by atoms with Crippen LogP contribution >= 0.6 is 27.5 Å². The van der Waals surface area contributed by atoms with Crippen LogP contribution in [0.5, 0.6) is 0 Å². The predicted octanol–water partition coefficient (Wildman–Crippen LogP) is 3.44. The highest BCUT2D eigenvalue weighted by Crippen LogP contribution is 2.20. The maximum Gasteiger partial charge on any atom is 0.288 e. The Morgan fingerprint density at radius 2 is 2.40 bits per heavy atom. The first-order valence-electron chi connectivity index (χ1n) is 4.17. The molecule has 1 heterocycles. The molecule has 0 saturated carbocycles. The lowest BCUT2D eigenvalue weighted by Gasteiger charge is -1.97. The fourth-order valence-electron chi connectivity index (χ4n) is 0.944. The zero-order valence-corrected chi connectivity index (χ0v) is 10.0. The van der Waals surface area contributed by atoms with Crippen molar-refractivity contribution < 1.29 is 4.92 Å². The van der Waals surface area contributed by atoms with Gasteiger partial charge in [0, 0.05) is 17.0 Å². The third kappa shape index (κ3) is 3.60. The fraction of sp³-hybridized carbons (Fsp3) is 0.222. The number of rotatable bonds is 4. The first-order valence-corrected chi connectivity index (χ1v) is 5.67. The molecule has 0 spiro atoms. The van der Waals surface area contributed by atoms with Crippen molar-refractivity contribution in [1.29, 1.82) is 0 Å². The Morgan fingerprint density at radius 1 is 1.67 bits per heavy atom. The Bertz CT molecular complexity index is 396. The van der Waals surface area contributed by atoms with Gasteiger partial charge >= 0.3 is 0 Å². The van der Waals surface area contributed by atoms with Crippen molar-refractivity contribution in [2.75, 3.05) is 5.33 Å². The van der Waals surface area contributed by atoms with Crippen molar-refractivity contribution in [1.82, 2.24) is 4.98 Å². The number of halogens is 2. The van der Waals surface area contributed by atoms with Crippen molar-refractivity contribution in [3.63, 3.8) is 0 Å². The monoisotopic (exact) mass is 290 g/mol. The Morgan fingerprint density at radius 3 is 3.00 bits per heavy atom. The van der Waals surface area contributed by atoms with Crippen LogP contribution in [0, 0.1) is 10.1 Å². The van der Waals surface area contributed by atoms with Gasteiger partial charge in [-0.3, -0.25) is 10.1 Å². The van der Waals surface area contributed by atoms with E-state index in [0.29, 0.717) is 5.56 Å². The molecule has 0 aromatic carbocycles. The number of hydrogen-bond donors (Lipinski definition) is 0. The molecule has 0 unspecified atom stereocenters. The van der Waals surface area contributed by atoms with Gasteiger partial charge in [-0.15, -0.1) is 0 Å². The van der Waals surface area contributed by atoms with E-state index < -0.39 is 4.92 Å². The maximum absolute atomic E-state index is 10.5. The van der Waals surface area contributed by atoms with Crippen LogP contribution in [0.1, 0.15) is 12.0 Å². The number of hydrogen-bond acceptors (Lipinski definition) is 3. The van der Waals surface area contributed by atoms with E-state index >= 15 is 0 Å². The van der Waals surface area contributed by atoms with Crippen LogP contribution in [-0.4, -0.2) is 15.2 Å². The number of alkyl halides is 1. The summed E-state index contributed by atoms with van der Waals surface area (Å²) in [7, 11) is 0. The molecule has 1 aromatic rings. The van der Waals surface area contributed by atoms with E-state index in [1.165, 1.54) is 6.07 Å². The lowest BCUT2D eigenvalue weighted by molar-refractivity contribution is -0.385. The second-order valence-electron chi connectivity index (χ2n) is 2.71. The summed E-state index contributed by atoms with van der Waals surface area (Å²) >= 11 is 9.05. The molecule has 80 valence electrons. The molecule has 6 heteroatoms. The van der Waals surface area contributed by atoms with Crippen molar-refractivity contribution >= 4 is 39.3 Å². The van der Waals surface area contributed by atoms with E-state index in [2.05, 4.69) is 20.9 Å². The molecule has 0 bridgehead atoms. The Hall–Kier alpha value is -0.940. The molecule has 1 aromatic heterocycles. The number of pyridine rings is 1. The average molecular weight is 292 g/mol. The zero-order valence-electron chi connectivity index (χ0n) is 7.69. The average Bonchev–Trinajstić information content (AvgIpc) is 2.20. The Balaban J connectivity index is 2.95. The second kappa shape index (κ2) is 5.82. The zero-order chi connectivity index (χ0) is 11.3. The van der Waals surface area contributed by atoms with Gasteiger partial charge in [-0.2, -0.15) is 0 Å². The number of aromatic nitrogens is 1. The molecule has 0 aliphatic heterocycles. The summed E-state index contributed by atoms with van der Waals surface area (Å²) in [6.07, 6.45) is 5.58. The third-order valence-corrected chi connectivity index (χ3v) is 2.41. The van der Waals surface area contributed by atoms with Crippen molar-refractivity contribution in [3.05, 3.63) is 39.2 Å². The van der Waals surface area contributed by atoms with Gasteiger partial charge in [-0.05, 0) is 6.42 Å². The van der Waals surface area contributed by atoms with Gasteiger partial charge in [-0.25, -0.2) is 4.98 Å². The maximum atomic E-state index is 10.5. The predicted molar refractivity (Wildman–Crippen MR) is 63.3 cm³/mol. The highest BCUT2D eigenvalue weighted by atomic mass is 79.9. The molecule has 0 N–H and O–H groups in total. The SMILES string of the molecule is O=[N+]([O-])c1cnc(Cl)c(C=CCCBr)c1. The summed E-state index contributed by atoms with van der Waals surface area (Å²) in [5, 5.41) is 11.6. The lowest BCUT2D eigenvalue weighted by atomic mass is 10.2. The van der Waals surface area contributed by atoms with E-state index in [1.54, 1.807) is 6.08 Å². The molecule has 0 atom stereocenters. The molecule has 0 saturated heterocycles. The molecule has 0 radical (unpaired) electrons. The van der Waals surface area contributed by atoms with Crippen LogP contribution in [0.3, 0.4) is 0 Å². The van der Waals surface area contributed by atoms with Crippen molar-refractivity contribution in [2.24, 2.45) is 0 Å². The van der Waals surface area contributed by atoms with Gasteiger partial charge in [0.15, 0.2) is 0 Å². The van der Waals surface area contributed by atoms with Crippen LogP contribution in [0.15, 0.2) is 18.3 Å². The van der Waals surface area contributed by atoms with Gasteiger partial charge in [0.25, 0.3) is 5.69 Å². The van der Waals surface area contributed by atoms with Gasteiger partial charge in [-0.1, -0.05) is 39.7 Å². The standard InChI is InChI=1S/C9H8BrClN2O2/c10-4-2-1-3-7-5-8(13(14)15)6-12-9(7)11/h1,3,5-6H,2,4H2. The third-order valence-electron chi connectivity index (χ3n) is 1.64. The molecule has 0 amide bonds. The minimum atomic E-state index is -0.495. The minimum Gasteiger partial charge on any atom is -0.258 e. The number of nitrogens with zero attached hydrogens (tertiary/aromatic N) is 2.